The van der Waals surface area contributed by atoms with E-state index in [1.165, 1.54) is 0 Å². The van der Waals surface area contributed by atoms with Crippen molar-refractivity contribution in [2.75, 3.05) is 11.9 Å². The lowest BCUT2D eigenvalue weighted by Gasteiger charge is -2.10. The van der Waals surface area contributed by atoms with E-state index in [1.807, 2.05) is 54.7 Å². The first-order valence-corrected chi connectivity index (χ1v) is 10.1. The molecule has 8 heteroatoms. The van der Waals surface area contributed by atoms with Crippen molar-refractivity contribution in [1.82, 2.24) is 25.1 Å². The van der Waals surface area contributed by atoms with Crippen LogP contribution in [0.4, 0.5) is 11.5 Å². The van der Waals surface area contributed by atoms with Gasteiger partial charge in [-0.1, -0.05) is 24.3 Å². The highest BCUT2D eigenvalue weighted by atomic mass is 16.2. The summed E-state index contributed by atoms with van der Waals surface area (Å²) in [5.41, 5.74) is 6.09. The van der Waals surface area contributed by atoms with E-state index in [-0.39, 0.29) is 12.5 Å². The molecular weight excluding hydrogens is 402 g/mol. The van der Waals surface area contributed by atoms with E-state index >= 15 is 0 Å². The van der Waals surface area contributed by atoms with Gasteiger partial charge in [0.25, 0.3) is 6.54 Å². The summed E-state index contributed by atoms with van der Waals surface area (Å²) in [5.74, 6) is 1.16. The molecule has 1 aliphatic heterocycles. The van der Waals surface area contributed by atoms with Crippen LogP contribution >= 0.6 is 0 Å². The Morgan fingerprint density at radius 1 is 1.06 bits per heavy atom. The van der Waals surface area contributed by atoms with Crippen LogP contribution in [0, 0.1) is 6.57 Å². The summed E-state index contributed by atoms with van der Waals surface area (Å²) in [6.07, 6.45) is 5.37. The first kappa shape index (κ1) is 19.5. The molecule has 0 atom stereocenters. The first-order valence-electron chi connectivity index (χ1n) is 10.1. The topological polar surface area (TPSA) is 91.2 Å². The van der Waals surface area contributed by atoms with Crippen molar-refractivity contribution in [3.05, 3.63) is 89.7 Å². The Hall–Kier alpha value is -4.51. The fourth-order valence-electron chi connectivity index (χ4n) is 3.75. The highest BCUT2D eigenvalue weighted by Crippen LogP contribution is 2.28. The van der Waals surface area contributed by atoms with Crippen molar-refractivity contribution < 1.29 is 4.79 Å². The number of amides is 1. The second kappa shape index (κ2) is 8.32. The Morgan fingerprint density at radius 3 is 2.66 bits per heavy atom. The molecule has 2 aromatic heterocycles. The van der Waals surface area contributed by atoms with E-state index in [4.69, 9.17) is 6.57 Å². The van der Waals surface area contributed by atoms with Crippen LogP contribution in [0.15, 0.2) is 67.1 Å². The highest BCUT2D eigenvalue weighted by Gasteiger charge is 2.25. The highest BCUT2D eigenvalue weighted by molar-refractivity contribution is 5.80. The number of H-pyrrole nitrogens is 1. The van der Waals surface area contributed by atoms with Gasteiger partial charge >= 0.3 is 5.91 Å². The van der Waals surface area contributed by atoms with E-state index in [1.54, 1.807) is 17.3 Å². The van der Waals surface area contributed by atoms with Gasteiger partial charge in [0.15, 0.2) is 5.82 Å². The monoisotopic (exact) mass is 421 g/mol. The Morgan fingerprint density at radius 2 is 1.88 bits per heavy atom. The van der Waals surface area contributed by atoms with Gasteiger partial charge in [0, 0.05) is 42.3 Å². The number of benzene rings is 2. The zero-order valence-corrected chi connectivity index (χ0v) is 17.1. The predicted molar refractivity (Wildman–Crippen MR) is 120 cm³/mol. The number of fused-ring (bicyclic) bond motifs is 1. The second-order valence-corrected chi connectivity index (χ2v) is 7.50. The SMILES string of the molecule is [C-]#[N+]CC(=O)N1Cc2ccc(-c3nccc(Nc4ccc(-c5cn[nH]c5)cc4)n3)cc2C1. The number of carbonyl (C=O) groups excluding carboxylic acids is 1. The van der Waals surface area contributed by atoms with E-state index in [0.717, 1.165) is 33.5 Å². The maximum absolute atomic E-state index is 12.0. The van der Waals surface area contributed by atoms with Gasteiger partial charge in [-0.2, -0.15) is 5.10 Å². The van der Waals surface area contributed by atoms with Crippen molar-refractivity contribution in [2.45, 2.75) is 13.1 Å². The maximum Gasteiger partial charge on any atom is 0.303 e. The molecule has 0 fully saturated rings. The summed E-state index contributed by atoms with van der Waals surface area (Å²) in [7, 11) is 0. The molecule has 0 aliphatic carbocycles. The molecule has 3 heterocycles. The van der Waals surface area contributed by atoms with Gasteiger partial charge in [0.1, 0.15) is 5.82 Å². The summed E-state index contributed by atoms with van der Waals surface area (Å²) in [4.78, 5) is 26.0. The van der Waals surface area contributed by atoms with E-state index in [2.05, 4.69) is 30.3 Å². The van der Waals surface area contributed by atoms with Crippen LogP contribution in [0.5, 0.6) is 0 Å². The van der Waals surface area contributed by atoms with Gasteiger partial charge in [-0.15, -0.1) is 0 Å². The summed E-state index contributed by atoms with van der Waals surface area (Å²) >= 11 is 0. The third-order valence-corrected chi connectivity index (χ3v) is 5.40. The molecule has 0 saturated heterocycles. The molecule has 2 aromatic carbocycles. The molecule has 0 unspecified atom stereocenters. The van der Waals surface area contributed by atoms with Crippen LogP contribution < -0.4 is 5.32 Å². The largest absolute Gasteiger partial charge is 0.340 e. The zero-order valence-electron chi connectivity index (χ0n) is 17.1. The lowest BCUT2D eigenvalue weighted by Crippen LogP contribution is -2.26. The minimum Gasteiger partial charge on any atom is -0.340 e. The van der Waals surface area contributed by atoms with Crippen LogP contribution in [0.1, 0.15) is 11.1 Å². The number of carbonyl (C=O) groups is 1. The molecule has 0 spiro atoms. The Balaban J connectivity index is 1.33. The summed E-state index contributed by atoms with van der Waals surface area (Å²) < 4.78 is 0. The van der Waals surface area contributed by atoms with Crippen LogP contribution in [0.3, 0.4) is 0 Å². The maximum atomic E-state index is 12.0. The fraction of sp³-hybridized carbons (Fsp3) is 0.125. The van der Waals surface area contributed by atoms with Gasteiger partial charge in [0.2, 0.25) is 0 Å². The minimum absolute atomic E-state index is 0.110. The zero-order chi connectivity index (χ0) is 21.9. The molecule has 1 amide bonds. The average molecular weight is 421 g/mol. The van der Waals surface area contributed by atoms with Crippen molar-refractivity contribution in [1.29, 1.82) is 0 Å². The Labute approximate surface area is 184 Å². The number of anilines is 2. The number of aromatic amines is 1. The second-order valence-electron chi connectivity index (χ2n) is 7.50. The standard InChI is InChI=1S/C24H19N7O/c1-25-13-23(32)31-14-18-3-2-17(10-19(18)15-31)24-26-9-8-22(30-24)29-21-6-4-16(5-7-21)20-11-27-28-12-20/h2-12H,13-15H2,(H,27,28)(H,26,29,30). The molecule has 32 heavy (non-hydrogen) atoms. The van der Waals surface area contributed by atoms with Crippen LogP contribution in [-0.2, 0) is 17.9 Å². The molecule has 1 aliphatic rings. The molecule has 4 aromatic rings. The van der Waals surface area contributed by atoms with Gasteiger partial charge in [-0.25, -0.2) is 16.5 Å². The molecule has 5 rings (SSSR count). The van der Waals surface area contributed by atoms with Gasteiger partial charge in [0.05, 0.1) is 6.20 Å². The average Bonchev–Trinajstić information content (AvgIpc) is 3.50. The van der Waals surface area contributed by atoms with Crippen molar-refractivity contribution in [3.63, 3.8) is 0 Å². The fourth-order valence-corrected chi connectivity index (χ4v) is 3.75. The Kier molecular flexibility index (Phi) is 5.06. The van der Waals surface area contributed by atoms with Crippen LogP contribution in [0.2, 0.25) is 0 Å². The van der Waals surface area contributed by atoms with Crippen molar-refractivity contribution in [2.24, 2.45) is 0 Å². The minimum atomic E-state index is -0.140. The third kappa shape index (κ3) is 3.91. The molecule has 0 radical (unpaired) electrons. The molecule has 2 N–H and O–H groups in total. The molecular formula is C24H19N7O. The number of aromatic nitrogens is 4. The summed E-state index contributed by atoms with van der Waals surface area (Å²) in [6, 6.07) is 15.9. The molecule has 156 valence electrons. The summed E-state index contributed by atoms with van der Waals surface area (Å²) in [5, 5.41) is 10.1. The van der Waals surface area contributed by atoms with E-state index < -0.39 is 0 Å². The lowest BCUT2D eigenvalue weighted by molar-refractivity contribution is -0.129. The number of hydrogen-bond donors (Lipinski definition) is 2. The molecule has 0 bridgehead atoms. The van der Waals surface area contributed by atoms with Crippen LogP contribution in [-0.4, -0.2) is 37.5 Å². The number of nitrogens with one attached hydrogen (secondary N) is 2. The van der Waals surface area contributed by atoms with Gasteiger partial charge < -0.3 is 15.1 Å². The van der Waals surface area contributed by atoms with E-state index in [9.17, 15) is 4.79 Å². The van der Waals surface area contributed by atoms with Crippen molar-refractivity contribution in [3.8, 4) is 22.5 Å². The summed E-state index contributed by atoms with van der Waals surface area (Å²) in [6.45, 7) is 7.84. The number of hydrogen-bond acceptors (Lipinski definition) is 5. The third-order valence-electron chi connectivity index (χ3n) is 5.40. The lowest BCUT2D eigenvalue weighted by atomic mass is 10.1. The van der Waals surface area contributed by atoms with Gasteiger partial charge in [-0.3, -0.25) is 9.89 Å². The normalized spacial score (nSPS) is 12.3. The van der Waals surface area contributed by atoms with E-state index in [0.29, 0.717) is 24.7 Å². The molecule has 0 saturated carbocycles. The number of nitrogens with zero attached hydrogens (tertiary/aromatic N) is 5. The van der Waals surface area contributed by atoms with Crippen LogP contribution in [0.25, 0.3) is 27.4 Å². The first-order chi connectivity index (χ1) is 15.7. The number of rotatable bonds is 5. The molecule has 8 nitrogen and oxygen atoms in total. The predicted octanol–water partition coefficient (Wildman–Crippen LogP) is 4.04. The smallest absolute Gasteiger partial charge is 0.303 e. The Bertz CT molecular complexity index is 1310. The quantitative estimate of drug-likeness (QED) is 0.475. The van der Waals surface area contributed by atoms with Gasteiger partial charge in [-0.05, 0) is 41.0 Å². The van der Waals surface area contributed by atoms with Crippen molar-refractivity contribution >= 4 is 17.4 Å².